The first-order valence-corrected chi connectivity index (χ1v) is 7.80. The monoisotopic (exact) mass is 304 g/mol. The van der Waals surface area contributed by atoms with Gasteiger partial charge in [0, 0.05) is 10.6 Å². The lowest BCUT2D eigenvalue weighted by Gasteiger charge is -2.19. The van der Waals surface area contributed by atoms with Crippen molar-refractivity contribution in [1.82, 2.24) is 20.2 Å². The number of hydrogen-bond acceptors (Lipinski definition) is 5. The number of hydrogen-bond donors (Lipinski definition) is 1. The van der Waals surface area contributed by atoms with Crippen molar-refractivity contribution in [2.24, 2.45) is 5.92 Å². The molecule has 3 atom stereocenters. The van der Waals surface area contributed by atoms with Crippen molar-refractivity contribution in [3.8, 4) is 0 Å². The van der Waals surface area contributed by atoms with Crippen LogP contribution in [-0.4, -0.2) is 37.0 Å². The number of carboxylic acid groups (broad SMARTS) is 1. The number of carboxylic acids is 1. The lowest BCUT2D eigenvalue weighted by atomic mass is 9.99. The molecule has 1 aliphatic rings. The number of aliphatic carboxylic acids is 1. The van der Waals surface area contributed by atoms with E-state index in [9.17, 15) is 9.90 Å². The van der Waals surface area contributed by atoms with Gasteiger partial charge < -0.3 is 5.11 Å². The van der Waals surface area contributed by atoms with E-state index in [2.05, 4.69) is 27.7 Å². The molecule has 1 aromatic carbocycles. The second-order valence-electron chi connectivity index (χ2n) is 5.25. The summed E-state index contributed by atoms with van der Waals surface area (Å²) in [5, 5.41) is 21.1. The Bertz CT molecular complexity index is 672. The maximum Gasteiger partial charge on any atom is 0.308 e. The van der Waals surface area contributed by atoms with Gasteiger partial charge in [-0.2, -0.15) is 0 Å². The minimum atomic E-state index is -0.842. The van der Waals surface area contributed by atoms with E-state index in [1.807, 2.05) is 19.1 Å². The van der Waals surface area contributed by atoms with Gasteiger partial charge in [-0.05, 0) is 35.9 Å². The zero-order valence-electron chi connectivity index (χ0n) is 11.8. The molecule has 2 heterocycles. The number of rotatable bonds is 4. The van der Waals surface area contributed by atoms with Crippen LogP contribution in [0.1, 0.15) is 37.2 Å². The van der Waals surface area contributed by atoms with Gasteiger partial charge in [0.25, 0.3) is 0 Å². The smallest absolute Gasteiger partial charge is 0.308 e. The Morgan fingerprint density at radius 3 is 2.95 bits per heavy atom. The van der Waals surface area contributed by atoms with Crippen molar-refractivity contribution in [2.45, 2.75) is 30.7 Å². The molecular weight excluding hydrogens is 288 g/mol. The van der Waals surface area contributed by atoms with E-state index in [4.69, 9.17) is 0 Å². The summed E-state index contributed by atoms with van der Waals surface area (Å²) in [4.78, 5) is 12.4. The molecule has 0 spiro atoms. The van der Waals surface area contributed by atoms with E-state index in [0.717, 1.165) is 11.6 Å². The van der Waals surface area contributed by atoms with Gasteiger partial charge in [-0.15, -0.1) is 16.9 Å². The molecule has 0 saturated heterocycles. The van der Waals surface area contributed by atoms with E-state index in [1.165, 1.54) is 10.5 Å². The van der Waals surface area contributed by atoms with Gasteiger partial charge >= 0.3 is 5.97 Å². The zero-order chi connectivity index (χ0) is 15.0. The molecule has 6 nitrogen and oxygen atoms in total. The highest BCUT2D eigenvalue weighted by atomic mass is 32.2. The molecule has 2 aromatic rings. The van der Waals surface area contributed by atoms with Gasteiger partial charge in [0.05, 0.1) is 17.9 Å². The summed E-state index contributed by atoms with van der Waals surface area (Å²) in [6.45, 7) is 3.52. The van der Waals surface area contributed by atoms with Crippen LogP contribution in [0.2, 0.25) is 0 Å². The minimum absolute atomic E-state index is 0.115. The quantitative estimate of drug-likeness (QED) is 0.932. The van der Waals surface area contributed by atoms with Crippen LogP contribution in [0.4, 0.5) is 0 Å². The summed E-state index contributed by atoms with van der Waals surface area (Å²) in [6.07, 6.45) is 0. The first-order chi connectivity index (χ1) is 10.1. The van der Waals surface area contributed by atoms with Gasteiger partial charge in [0.1, 0.15) is 0 Å². The SMILES string of the molecule is CC(C(=O)O)C(C)n1nnnc1C1CSc2ccccc21. The van der Waals surface area contributed by atoms with Crippen molar-refractivity contribution in [1.29, 1.82) is 0 Å². The lowest BCUT2D eigenvalue weighted by molar-refractivity contribution is -0.142. The summed E-state index contributed by atoms with van der Waals surface area (Å²) >= 11 is 1.78. The van der Waals surface area contributed by atoms with E-state index < -0.39 is 11.9 Å². The number of carbonyl (C=O) groups is 1. The highest BCUT2D eigenvalue weighted by Gasteiger charge is 2.32. The molecule has 0 radical (unpaired) electrons. The molecule has 1 N–H and O–H groups in total. The number of fused-ring (bicyclic) bond motifs is 1. The summed E-state index contributed by atoms with van der Waals surface area (Å²) in [5.41, 5.74) is 1.22. The molecule has 110 valence electrons. The Labute approximate surface area is 126 Å². The number of aromatic nitrogens is 4. The molecule has 21 heavy (non-hydrogen) atoms. The van der Waals surface area contributed by atoms with Crippen LogP contribution in [0.3, 0.4) is 0 Å². The average molecular weight is 304 g/mol. The number of tetrazole rings is 1. The molecular formula is C14H16N4O2S. The van der Waals surface area contributed by atoms with Crippen molar-refractivity contribution in [2.75, 3.05) is 5.75 Å². The Morgan fingerprint density at radius 2 is 2.19 bits per heavy atom. The predicted octanol–water partition coefficient (Wildman–Crippen LogP) is 2.19. The third-order valence-electron chi connectivity index (χ3n) is 4.03. The number of benzene rings is 1. The minimum Gasteiger partial charge on any atom is -0.481 e. The van der Waals surface area contributed by atoms with Crippen molar-refractivity contribution in [3.63, 3.8) is 0 Å². The van der Waals surface area contributed by atoms with Crippen LogP contribution in [0.5, 0.6) is 0 Å². The van der Waals surface area contributed by atoms with Crippen molar-refractivity contribution in [3.05, 3.63) is 35.7 Å². The highest BCUT2D eigenvalue weighted by molar-refractivity contribution is 7.99. The Morgan fingerprint density at radius 1 is 1.43 bits per heavy atom. The van der Waals surface area contributed by atoms with Crippen LogP contribution in [-0.2, 0) is 4.79 Å². The van der Waals surface area contributed by atoms with Crippen LogP contribution >= 0.6 is 11.8 Å². The van der Waals surface area contributed by atoms with E-state index in [-0.39, 0.29) is 12.0 Å². The summed E-state index contributed by atoms with van der Waals surface area (Å²) < 4.78 is 1.66. The second-order valence-corrected chi connectivity index (χ2v) is 6.31. The molecule has 1 aromatic heterocycles. The molecule has 0 aliphatic carbocycles. The highest BCUT2D eigenvalue weighted by Crippen LogP contribution is 2.42. The maximum atomic E-state index is 11.2. The van der Waals surface area contributed by atoms with E-state index >= 15 is 0 Å². The van der Waals surface area contributed by atoms with Gasteiger partial charge in [-0.3, -0.25) is 4.79 Å². The van der Waals surface area contributed by atoms with Gasteiger partial charge in [0.2, 0.25) is 0 Å². The molecule has 0 bridgehead atoms. The summed E-state index contributed by atoms with van der Waals surface area (Å²) in [7, 11) is 0. The molecule has 0 saturated carbocycles. The average Bonchev–Trinajstić information content (AvgIpc) is 3.11. The third kappa shape index (κ3) is 2.42. The largest absolute Gasteiger partial charge is 0.481 e. The predicted molar refractivity (Wildman–Crippen MR) is 78.3 cm³/mol. The molecule has 3 unspecified atom stereocenters. The molecule has 7 heteroatoms. The Hall–Kier alpha value is -1.89. The van der Waals surface area contributed by atoms with Crippen LogP contribution in [0.15, 0.2) is 29.2 Å². The van der Waals surface area contributed by atoms with E-state index in [1.54, 1.807) is 23.4 Å². The number of nitrogens with zero attached hydrogens (tertiary/aromatic N) is 4. The lowest BCUT2D eigenvalue weighted by Crippen LogP contribution is -2.25. The van der Waals surface area contributed by atoms with Gasteiger partial charge in [0.15, 0.2) is 5.82 Å². The van der Waals surface area contributed by atoms with Crippen molar-refractivity contribution < 1.29 is 9.90 Å². The fourth-order valence-corrected chi connectivity index (χ4v) is 3.74. The van der Waals surface area contributed by atoms with Gasteiger partial charge in [-0.25, -0.2) is 4.68 Å². The van der Waals surface area contributed by atoms with Crippen LogP contribution < -0.4 is 0 Å². The zero-order valence-corrected chi connectivity index (χ0v) is 12.6. The Balaban J connectivity index is 1.96. The standard InChI is InChI=1S/C14H16N4O2S/c1-8(14(19)20)9(2)18-13(15-16-17-18)11-7-21-12-6-4-3-5-10(11)12/h3-6,8-9,11H,7H2,1-2H3,(H,19,20). The molecule has 3 rings (SSSR count). The summed E-state index contributed by atoms with van der Waals surface area (Å²) in [5.74, 6) is 0.354. The van der Waals surface area contributed by atoms with Gasteiger partial charge in [-0.1, -0.05) is 18.2 Å². The molecule has 0 amide bonds. The van der Waals surface area contributed by atoms with Crippen LogP contribution in [0, 0.1) is 5.92 Å². The summed E-state index contributed by atoms with van der Waals surface area (Å²) in [6, 6.07) is 7.92. The van der Waals surface area contributed by atoms with Crippen LogP contribution in [0.25, 0.3) is 0 Å². The maximum absolute atomic E-state index is 11.2. The number of thioether (sulfide) groups is 1. The Kier molecular flexibility index (Phi) is 3.67. The first-order valence-electron chi connectivity index (χ1n) is 6.82. The fraction of sp³-hybridized carbons (Fsp3) is 0.429. The fourth-order valence-electron chi connectivity index (χ4n) is 2.51. The topological polar surface area (TPSA) is 80.9 Å². The third-order valence-corrected chi connectivity index (χ3v) is 5.21. The molecule has 1 aliphatic heterocycles. The second kappa shape index (κ2) is 5.48. The van der Waals surface area contributed by atoms with Crippen molar-refractivity contribution >= 4 is 17.7 Å². The normalized spacial score (nSPS) is 20.0. The first kappa shape index (κ1) is 14.1. The van der Waals surface area contributed by atoms with E-state index in [0.29, 0.717) is 0 Å². The molecule has 0 fully saturated rings.